The normalized spacial score (nSPS) is 15.1. The number of hydrogen-bond donors (Lipinski definition) is 1. The number of carbonyl (C=O) groups is 1. The number of nitrogens with zero attached hydrogens (tertiary/aromatic N) is 4. The van der Waals surface area contributed by atoms with Gasteiger partial charge in [0.2, 0.25) is 5.89 Å². The molecule has 154 valence electrons. The van der Waals surface area contributed by atoms with Gasteiger partial charge in [-0.15, -0.1) is 11.3 Å². The zero-order valence-corrected chi connectivity index (χ0v) is 17.9. The van der Waals surface area contributed by atoms with E-state index in [0.717, 1.165) is 40.3 Å². The van der Waals surface area contributed by atoms with Crippen LogP contribution < -0.4 is 5.32 Å². The van der Waals surface area contributed by atoms with Crippen LogP contribution in [-0.2, 0) is 0 Å². The van der Waals surface area contributed by atoms with Gasteiger partial charge in [0.1, 0.15) is 10.9 Å². The van der Waals surface area contributed by atoms with E-state index in [9.17, 15) is 4.79 Å². The Morgan fingerprint density at radius 3 is 2.73 bits per heavy atom. The monoisotopic (exact) mass is 421 g/mol. The smallest absolute Gasteiger partial charge is 0.262 e. The molecule has 1 saturated carbocycles. The molecular formula is C22H23N5O2S. The van der Waals surface area contributed by atoms with Gasteiger partial charge in [0, 0.05) is 11.3 Å². The molecule has 1 fully saturated rings. The summed E-state index contributed by atoms with van der Waals surface area (Å²) in [5.41, 5.74) is 1.87. The number of aryl methyl sites for hydroxylation is 1. The molecule has 30 heavy (non-hydrogen) atoms. The van der Waals surface area contributed by atoms with E-state index in [1.165, 1.54) is 11.3 Å². The molecule has 0 aliphatic heterocycles. The topological polar surface area (TPSA) is 85.8 Å². The Morgan fingerprint density at radius 2 is 2.03 bits per heavy atom. The highest BCUT2D eigenvalue weighted by Gasteiger charge is 2.32. The van der Waals surface area contributed by atoms with Crippen LogP contribution in [0, 0.1) is 12.8 Å². The zero-order chi connectivity index (χ0) is 20.8. The predicted molar refractivity (Wildman–Crippen MR) is 115 cm³/mol. The Balaban J connectivity index is 1.43. The molecule has 3 aromatic heterocycles. The summed E-state index contributed by atoms with van der Waals surface area (Å²) in [5.74, 6) is 1.63. The average Bonchev–Trinajstić information content (AvgIpc) is 3.19. The van der Waals surface area contributed by atoms with Crippen LogP contribution in [-0.4, -0.2) is 25.8 Å². The molecule has 3 heterocycles. The molecule has 0 bridgehead atoms. The predicted octanol–water partition coefficient (Wildman–Crippen LogP) is 4.78. The van der Waals surface area contributed by atoms with Crippen LogP contribution in [0.4, 0.5) is 0 Å². The van der Waals surface area contributed by atoms with Gasteiger partial charge < -0.3 is 9.84 Å². The minimum atomic E-state index is -0.325. The van der Waals surface area contributed by atoms with Gasteiger partial charge in [0.25, 0.3) is 5.91 Å². The molecule has 8 heteroatoms. The largest absolute Gasteiger partial charge is 0.339 e. The van der Waals surface area contributed by atoms with Gasteiger partial charge in [-0.2, -0.15) is 10.1 Å². The minimum Gasteiger partial charge on any atom is -0.339 e. The molecule has 1 unspecified atom stereocenters. The highest BCUT2D eigenvalue weighted by molar-refractivity contribution is 7.20. The van der Waals surface area contributed by atoms with Gasteiger partial charge in [0.15, 0.2) is 5.82 Å². The van der Waals surface area contributed by atoms with Crippen LogP contribution in [0.5, 0.6) is 0 Å². The van der Waals surface area contributed by atoms with E-state index < -0.39 is 0 Å². The van der Waals surface area contributed by atoms with Gasteiger partial charge >= 0.3 is 0 Å². The summed E-state index contributed by atoms with van der Waals surface area (Å²) >= 11 is 1.44. The minimum absolute atomic E-state index is 0.123. The second-order valence-corrected chi connectivity index (χ2v) is 9.15. The van der Waals surface area contributed by atoms with Crippen molar-refractivity contribution in [3.63, 3.8) is 0 Å². The van der Waals surface area contributed by atoms with Gasteiger partial charge in [-0.1, -0.05) is 37.2 Å². The van der Waals surface area contributed by atoms with Gasteiger partial charge in [-0.25, -0.2) is 4.68 Å². The number of aromatic nitrogens is 4. The van der Waals surface area contributed by atoms with E-state index >= 15 is 0 Å². The maximum atomic E-state index is 13.1. The number of rotatable bonds is 6. The quantitative estimate of drug-likeness (QED) is 0.484. The molecule has 1 amide bonds. The third-order valence-electron chi connectivity index (χ3n) is 5.39. The molecule has 0 spiro atoms. The third-order valence-corrected chi connectivity index (χ3v) is 6.50. The van der Waals surface area contributed by atoms with Crippen molar-refractivity contribution in [2.24, 2.45) is 5.92 Å². The van der Waals surface area contributed by atoms with Crippen LogP contribution in [0.25, 0.3) is 15.9 Å². The zero-order valence-electron chi connectivity index (χ0n) is 17.1. The van der Waals surface area contributed by atoms with Crippen LogP contribution >= 0.6 is 11.3 Å². The first kappa shape index (κ1) is 19.0. The molecule has 4 aromatic rings. The number of thiophene rings is 1. The Bertz CT molecular complexity index is 1200. The summed E-state index contributed by atoms with van der Waals surface area (Å²) in [7, 11) is 0. The molecule has 5 rings (SSSR count). The fourth-order valence-corrected chi connectivity index (χ4v) is 4.60. The highest BCUT2D eigenvalue weighted by atomic mass is 32.1. The Hall–Kier alpha value is -3.00. The molecule has 0 radical (unpaired) electrons. The summed E-state index contributed by atoms with van der Waals surface area (Å²) in [5, 5.41) is 12.8. The molecular weight excluding hydrogens is 398 g/mol. The van der Waals surface area contributed by atoms with Crippen LogP contribution in [0.3, 0.4) is 0 Å². The molecule has 1 N–H and O–H groups in total. The van der Waals surface area contributed by atoms with E-state index in [0.29, 0.717) is 16.7 Å². The van der Waals surface area contributed by atoms with Crippen LogP contribution in [0.2, 0.25) is 0 Å². The fourth-order valence-electron chi connectivity index (χ4n) is 3.51. The summed E-state index contributed by atoms with van der Waals surface area (Å²) in [6.07, 6.45) is 2.22. The second-order valence-electron chi connectivity index (χ2n) is 8.12. The Morgan fingerprint density at radius 1 is 1.27 bits per heavy atom. The number of amides is 1. The van der Waals surface area contributed by atoms with E-state index in [1.807, 2.05) is 61.9 Å². The van der Waals surface area contributed by atoms with Crippen molar-refractivity contribution in [1.82, 2.24) is 25.2 Å². The Labute approximate surface area is 178 Å². The van der Waals surface area contributed by atoms with Gasteiger partial charge in [0.05, 0.1) is 16.3 Å². The lowest BCUT2D eigenvalue weighted by Gasteiger charge is -2.18. The first-order chi connectivity index (χ1) is 14.5. The Kier molecular flexibility index (Phi) is 4.66. The van der Waals surface area contributed by atoms with Crippen molar-refractivity contribution < 1.29 is 9.32 Å². The SMILES string of the molecule is Cc1nn(-c2ccccc2)c2sc(C(=O)NC(c3nc(C4CC4)no3)C(C)C)cc12. The lowest BCUT2D eigenvalue weighted by Crippen LogP contribution is -2.31. The van der Waals surface area contributed by atoms with E-state index in [4.69, 9.17) is 4.52 Å². The van der Waals surface area contributed by atoms with Crippen LogP contribution in [0.1, 0.15) is 65.7 Å². The maximum absolute atomic E-state index is 13.1. The second kappa shape index (κ2) is 7.36. The van der Waals surface area contributed by atoms with Crippen molar-refractivity contribution in [1.29, 1.82) is 0 Å². The number of fused-ring (bicyclic) bond motifs is 1. The molecule has 1 aliphatic carbocycles. The number of nitrogens with one attached hydrogen (secondary N) is 1. The van der Waals surface area contributed by atoms with Gasteiger partial charge in [-0.05, 0) is 43.9 Å². The standard InChI is InChI=1S/C22H23N5O2S/c1-12(2)18(21-24-19(26-29-21)14-9-10-14)23-20(28)17-11-16-13(3)25-27(22(16)30-17)15-7-5-4-6-8-15/h4-8,11-12,14,18H,9-10H2,1-3H3,(H,23,28). The van der Waals surface area contributed by atoms with Crippen molar-refractivity contribution in [3.05, 3.63) is 58.7 Å². The fraction of sp³-hybridized carbons (Fsp3) is 0.364. The highest BCUT2D eigenvalue weighted by Crippen LogP contribution is 2.39. The summed E-state index contributed by atoms with van der Waals surface area (Å²) in [6, 6.07) is 11.5. The average molecular weight is 422 g/mol. The number of para-hydroxylation sites is 1. The number of benzene rings is 1. The van der Waals surface area contributed by atoms with Crippen LogP contribution in [0.15, 0.2) is 40.9 Å². The molecule has 0 saturated heterocycles. The lowest BCUT2D eigenvalue weighted by atomic mass is 10.0. The first-order valence-electron chi connectivity index (χ1n) is 10.2. The van der Waals surface area contributed by atoms with Crippen molar-refractivity contribution >= 4 is 27.5 Å². The van der Waals surface area contributed by atoms with E-state index in [2.05, 4.69) is 20.6 Å². The summed E-state index contributed by atoms with van der Waals surface area (Å²) in [4.78, 5) is 19.2. The molecule has 1 aromatic carbocycles. The molecule has 7 nitrogen and oxygen atoms in total. The first-order valence-corrected chi connectivity index (χ1v) is 11.0. The lowest BCUT2D eigenvalue weighted by molar-refractivity contribution is 0.0918. The molecule has 1 atom stereocenters. The van der Waals surface area contributed by atoms with Gasteiger partial charge in [-0.3, -0.25) is 4.79 Å². The van der Waals surface area contributed by atoms with Crippen molar-refractivity contribution in [3.8, 4) is 5.69 Å². The third kappa shape index (κ3) is 3.41. The number of carbonyl (C=O) groups excluding carboxylic acids is 1. The maximum Gasteiger partial charge on any atom is 0.262 e. The van der Waals surface area contributed by atoms with E-state index in [-0.39, 0.29) is 17.9 Å². The summed E-state index contributed by atoms with van der Waals surface area (Å²) < 4.78 is 7.37. The van der Waals surface area contributed by atoms with Crippen molar-refractivity contribution in [2.45, 2.75) is 45.6 Å². The van der Waals surface area contributed by atoms with Crippen molar-refractivity contribution in [2.75, 3.05) is 0 Å². The van der Waals surface area contributed by atoms with E-state index in [1.54, 1.807) is 0 Å². The summed E-state index contributed by atoms with van der Waals surface area (Å²) in [6.45, 7) is 6.04. The molecule has 1 aliphatic rings. The number of hydrogen-bond acceptors (Lipinski definition) is 6.